The van der Waals surface area contributed by atoms with Crippen molar-refractivity contribution in [1.29, 1.82) is 0 Å². The van der Waals surface area contributed by atoms with Crippen LogP contribution in [0.5, 0.6) is 0 Å². The zero-order valence-corrected chi connectivity index (χ0v) is 13.6. The molecule has 0 radical (unpaired) electrons. The molecule has 0 saturated heterocycles. The van der Waals surface area contributed by atoms with E-state index in [2.05, 4.69) is 25.3 Å². The predicted octanol–water partition coefficient (Wildman–Crippen LogP) is 1.68. The highest BCUT2D eigenvalue weighted by atomic mass is 15.4. The van der Waals surface area contributed by atoms with Crippen molar-refractivity contribution in [1.82, 2.24) is 34.5 Å². The second-order valence-electron chi connectivity index (χ2n) is 5.67. The fourth-order valence-corrected chi connectivity index (χ4v) is 2.57. The van der Waals surface area contributed by atoms with Crippen LogP contribution in [0.3, 0.4) is 0 Å². The van der Waals surface area contributed by atoms with Crippen LogP contribution in [-0.4, -0.2) is 48.6 Å². The molecule has 0 N–H and O–H groups in total. The third-order valence-corrected chi connectivity index (χ3v) is 3.81. The Morgan fingerprint density at radius 1 is 1.04 bits per heavy atom. The van der Waals surface area contributed by atoms with E-state index in [1.165, 1.54) is 0 Å². The lowest BCUT2D eigenvalue weighted by molar-refractivity contribution is 0.736. The summed E-state index contributed by atoms with van der Waals surface area (Å²) < 4.78 is 3.74. The summed E-state index contributed by atoms with van der Waals surface area (Å²) in [7, 11) is 5.69. The average Bonchev–Trinajstić information content (AvgIpc) is 3.22. The van der Waals surface area contributed by atoms with Gasteiger partial charge in [0.25, 0.3) is 0 Å². The van der Waals surface area contributed by atoms with E-state index in [0.29, 0.717) is 5.95 Å². The number of aromatic nitrogens is 7. The SMILES string of the molecule is CN(C)c1ncc(-c2nccn2-c2ccc3c(c2)nnn3C)cn1. The van der Waals surface area contributed by atoms with Crippen LogP contribution in [-0.2, 0) is 7.05 Å². The summed E-state index contributed by atoms with van der Waals surface area (Å²) in [5, 5.41) is 8.21. The molecule has 0 aliphatic rings. The molecule has 0 amide bonds. The molecule has 1 aromatic carbocycles. The van der Waals surface area contributed by atoms with Crippen LogP contribution in [0.2, 0.25) is 0 Å². The Morgan fingerprint density at radius 3 is 2.58 bits per heavy atom. The van der Waals surface area contributed by atoms with Gasteiger partial charge in [0.1, 0.15) is 11.3 Å². The summed E-state index contributed by atoms with van der Waals surface area (Å²) in [5.74, 6) is 1.45. The Labute approximate surface area is 138 Å². The molecule has 24 heavy (non-hydrogen) atoms. The minimum Gasteiger partial charge on any atom is -0.347 e. The normalized spacial score (nSPS) is 11.1. The van der Waals surface area contributed by atoms with Crippen LogP contribution in [0.4, 0.5) is 5.95 Å². The van der Waals surface area contributed by atoms with Crippen molar-refractivity contribution in [3.8, 4) is 17.1 Å². The summed E-state index contributed by atoms with van der Waals surface area (Å²) in [6.07, 6.45) is 7.23. The lowest BCUT2D eigenvalue weighted by atomic mass is 10.2. The number of aryl methyl sites for hydroxylation is 1. The second-order valence-corrected chi connectivity index (χ2v) is 5.67. The molecule has 0 aliphatic heterocycles. The van der Waals surface area contributed by atoms with Gasteiger partial charge < -0.3 is 4.90 Å². The van der Waals surface area contributed by atoms with Crippen LogP contribution in [0, 0.1) is 0 Å². The van der Waals surface area contributed by atoms with E-state index in [4.69, 9.17) is 0 Å². The van der Waals surface area contributed by atoms with Crippen LogP contribution < -0.4 is 4.90 Å². The first-order valence-electron chi connectivity index (χ1n) is 7.46. The van der Waals surface area contributed by atoms with Gasteiger partial charge in [-0.15, -0.1) is 5.10 Å². The molecule has 0 bridgehead atoms. The van der Waals surface area contributed by atoms with Gasteiger partial charge in [0.2, 0.25) is 5.95 Å². The Morgan fingerprint density at radius 2 is 1.83 bits per heavy atom. The highest BCUT2D eigenvalue weighted by molar-refractivity contribution is 5.77. The van der Waals surface area contributed by atoms with Crippen molar-refractivity contribution < 1.29 is 0 Å². The van der Waals surface area contributed by atoms with Crippen molar-refractivity contribution in [2.24, 2.45) is 7.05 Å². The molecule has 0 saturated carbocycles. The maximum absolute atomic E-state index is 4.45. The van der Waals surface area contributed by atoms with Crippen LogP contribution in [0.1, 0.15) is 0 Å². The number of hydrogen-bond donors (Lipinski definition) is 0. The van der Waals surface area contributed by atoms with E-state index >= 15 is 0 Å². The number of nitrogens with zero attached hydrogens (tertiary/aromatic N) is 8. The van der Waals surface area contributed by atoms with Crippen molar-refractivity contribution in [3.63, 3.8) is 0 Å². The van der Waals surface area contributed by atoms with Gasteiger partial charge in [0.15, 0.2) is 0 Å². The van der Waals surface area contributed by atoms with Gasteiger partial charge in [-0.25, -0.2) is 19.6 Å². The van der Waals surface area contributed by atoms with Gasteiger partial charge in [0, 0.05) is 51.6 Å². The first kappa shape index (κ1) is 14.3. The summed E-state index contributed by atoms with van der Waals surface area (Å²) in [5.41, 5.74) is 3.64. The summed E-state index contributed by atoms with van der Waals surface area (Å²) >= 11 is 0. The number of imidazole rings is 1. The Kier molecular flexibility index (Phi) is 3.23. The summed E-state index contributed by atoms with van der Waals surface area (Å²) in [6, 6.07) is 6.01. The maximum atomic E-state index is 4.45. The Bertz CT molecular complexity index is 997. The van der Waals surface area contributed by atoms with E-state index in [9.17, 15) is 0 Å². The van der Waals surface area contributed by atoms with Gasteiger partial charge >= 0.3 is 0 Å². The largest absolute Gasteiger partial charge is 0.347 e. The van der Waals surface area contributed by atoms with Crippen molar-refractivity contribution in [2.45, 2.75) is 0 Å². The molecular formula is C16H16N8. The average molecular weight is 320 g/mol. The first-order chi connectivity index (χ1) is 11.6. The minimum absolute atomic E-state index is 0.665. The number of hydrogen-bond acceptors (Lipinski definition) is 6. The standard InChI is InChI=1S/C16H16N8/c1-22(2)16-18-9-11(10-19-16)15-17-6-7-24(15)12-4-5-14-13(8-12)20-21-23(14)3/h4-10H,1-3H3. The van der Waals surface area contributed by atoms with Gasteiger partial charge in [0.05, 0.1) is 11.1 Å². The second kappa shape index (κ2) is 5.41. The molecule has 0 aliphatic carbocycles. The number of fused-ring (bicyclic) bond motifs is 1. The molecule has 0 unspecified atom stereocenters. The van der Waals surface area contributed by atoms with Gasteiger partial charge in [-0.1, -0.05) is 5.21 Å². The predicted molar refractivity (Wildman–Crippen MR) is 91.0 cm³/mol. The third-order valence-electron chi connectivity index (χ3n) is 3.81. The molecule has 0 spiro atoms. The fraction of sp³-hybridized carbons (Fsp3) is 0.188. The van der Waals surface area contributed by atoms with E-state index in [1.54, 1.807) is 23.3 Å². The zero-order chi connectivity index (χ0) is 16.7. The van der Waals surface area contributed by atoms with Gasteiger partial charge in [-0.2, -0.15) is 0 Å². The molecule has 8 nitrogen and oxygen atoms in total. The van der Waals surface area contributed by atoms with Crippen LogP contribution >= 0.6 is 0 Å². The first-order valence-corrected chi connectivity index (χ1v) is 7.46. The maximum Gasteiger partial charge on any atom is 0.224 e. The monoisotopic (exact) mass is 320 g/mol. The molecule has 0 fully saturated rings. The number of rotatable bonds is 3. The van der Waals surface area contributed by atoms with E-state index in [1.807, 2.05) is 55.0 Å². The van der Waals surface area contributed by atoms with Crippen LogP contribution in [0.25, 0.3) is 28.1 Å². The molecular weight excluding hydrogens is 304 g/mol. The highest BCUT2D eigenvalue weighted by Gasteiger charge is 2.11. The molecule has 120 valence electrons. The van der Waals surface area contributed by atoms with Crippen molar-refractivity contribution in [3.05, 3.63) is 43.0 Å². The van der Waals surface area contributed by atoms with E-state index < -0.39 is 0 Å². The summed E-state index contributed by atoms with van der Waals surface area (Å²) in [4.78, 5) is 15.0. The van der Waals surface area contributed by atoms with Crippen molar-refractivity contribution in [2.75, 3.05) is 19.0 Å². The smallest absolute Gasteiger partial charge is 0.224 e. The minimum atomic E-state index is 0.665. The molecule has 0 atom stereocenters. The Balaban J connectivity index is 1.78. The van der Waals surface area contributed by atoms with E-state index in [0.717, 1.165) is 28.1 Å². The Hall–Kier alpha value is -3.29. The topological polar surface area (TPSA) is 77.5 Å². The quantitative estimate of drug-likeness (QED) is 0.571. The zero-order valence-electron chi connectivity index (χ0n) is 13.6. The number of anilines is 1. The highest BCUT2D eigenvalue weighted by Crippen LogP contribution is 2.23. The fourth-order valence-electron chi connectivity index (χ4n) is 2.57. The molecule has 3 aromatic heterocycles. The van der Waals surface area contributed by atoms with Gasteiger partial charge in [-0.3, -0.25) is 4.57 Å². The lowest BCUT2D eigenvalue weighted by Crippen LogP contribution is -2.12. The van der Waals surface area contributed by atoms with Gasteiger partial charge in [-0.05, 0) is 18.2 Å². The molecule has 4 rings (SSSR count). The van der Waals surface area contributed by atoms with Crippen LogP contribution in [0.15, 0.2) is 43.0 Å². The van der Waals surface area contributed by atoms with E-state index in [-0.39, 0.29) is 0 Å². The van der Waals surface area contributed by atoms with Crippen molar-refractivity contribution >= 4 is 17.0 Å². The third kappa shape index (κ3) is 2.28. The summed E-state index contributed by atoms with van der Waals surface area (Å²) in [6.45, 7) is 0. The molecule has 4 aromatic rings. The number of benzene rings is 1. The lowest BCUT2D eigenvalue weighted by Gasteiger charge is -2.11. The molecule has 8 heteroatoms. The molecule has 3 heterocycles.